The summed E-state index contributed by atoms with van der Waals surface area (Å²) in [6.07, 6.45) is 2.50. The third-order valence-corrected chi connectivity index (χ3v) is 3.67. The van der Waals surface area contributed by atoms with E-state index in [1.807, 2.05) is 4.90 Å². The van der Waals surface area contributed by atoms with Gasteiger partial charge in [-0.15, -0.1) is 0 Å². The van der Waals surface area contributed by atoms with Gasteiger partial charge in [0.15, 0.2) is 0 Å². The molecule has 1 atom stereocenters. The summed E-state index contributed by atoms with van der Waals surface area (Å²) in [5, 5.41) is 6.33. The number of rotatable bonds is 2. The van der Waals surface area contributed by atoms with Crippen LogP contribution in [0, 0.1) is 5.92 Å². The molecular formula is C12H24N4O. The van der Waals surface area contributed by atoms with Gasteiger partial charge in [0.2, 0.25) is 0 Å². The average Bonchev–Trinajstić information content (AvgIpc) is 2.37. The van der Waals surface area contributed by atoms with Crippen molar-refractivity contribution in [3.8, 4) is 0 Å². The molecule has 2 saturated heterocycles. The first-order valence-electron chi connectivity index (χ1n) is 6.68. The molecule has 5 heteroatoms. The topological polar surface area (TPSA) is 47.6 Å². The van der Waals surface area contributed by atoms with Gasteiger partial charge in [-0.1, -0.05) is 0 Å². The lowest BCUT2D eigenvalue weighted by Gasteiger charge is -2.31. The number of nitrogens with zero attached hydrogens (tertiary/aromatic N) is 2. The Labute approximate surface area is 104 Å². The standard InChI is InChI=1S/C12H24N4O/c1-15-6-2-3-11(10-15)9-14-12(17)16-7-4-13-5-8-16/h11,13H,2-10H2,1H3,(H,14,17). The van der Waals surface area contributed by atoms with E-state index >= 15 is 0 Å². The summed E-state index contributed by atoms with van der Waals surface area (Å²) < 4.78 is 0. The Hall–Kier alpha value is -0.810. The highest BCUT2D eigenvalue weighted by Gasteiger charge is 2.20. The summed E-state index contributed by atoms with van der Waals surface area (Å²) in [5.41, 5.74) is 0. The molecule has 2 aliphatic heterocycles. The van der Waals surface area contributed by atoms with Gasteiger partial charge in [-0.25, -0.2) is 4.79 Å². The Morgan fingerprint density at radius 1 is 1.35 bits per heavy atom. The fourth-order valence-corrected chi connectivity index (χ4v) is 2.65. The van der Waals surface area contributed by atoms with Crippen LogP contribution in [0.1, 0.15) is 12.8 Å². The van der Waals surface area contributed by atoms with Crippen LogP contribution in [-0.2, 0) is 0 Å². The first-order chi connectivity index (χ1) is 8.25. The van der Waals surface area contributed by atoms with Gasteiger partial charge in [0, 0.05) is 39.3 Å². The SMILES string of the molecule is CN1CCCC(CNC(=O)N2CCNCC2)C1. The Bertz CT molecular complexity index is 253. The highest BCUT2D eigenvalue weighted by molar-refractivity contribution is 5.74. The highest BCUT2D eigenvalue weighted by atomic mass is 16.2. The third-order valence-electron chi connectivity index (χ3n) is 3.67. The van der Waals surface area contributed by atoms with Gasteiger partial charge < -0.3 is 20.4 Å². The van der Waals surface area contributed by atoms with E-state index in [9.17, 15) is 4.79 Å². The lowest BCUT2D eigenvalue weighted by molar-refractivity contribution is 0.177. The first-order valence-corrected chi connectivity index (χ1v) is 6.68. The van der Waals surface area contributed by atoms with Crippen molar-refractivity contribution >= 4 is 6.03 Å². The molecule has 0 aromatic carbocycles. The number of hydrogen-bond acceptors (Lipinski definition) is 3. The quantitative estimate of drug-likeness (QED) is 0.711. The largest absolute Gasteiger partial charge is 0.338 e. The summed E-state index contributed by atoms with van der Waals surface area (Å²) in [7, 11) is 2.16. The monoisotopic (exact) mass is 240 g/mol. The minimum Gasteiger partial charge on any atom is -0.338 e. The van der Waals surface area contributed by atoms with E-state index in [2.05, 4.69) is 22.6 Å². The molecule has 2 rings (SSSR count). The van der Waals surface area contributed by atoms with E-state index in [-0.39, 0.29) is 6.03 Å². The molecule has 2 fully saturated rings. The van der Waals surface area contributed by atoms with E-state index in [4.69, 9.17) is 0 Å². The van der Waals surface area contributed by atoms with Crippen LogP contribution in [0.2, 0.25) is 0 Å². The fraction of sp³-hybridized carbons (Fsp3) is 0.917. The number of urea groups is 1. The Kier molecular flexibility index (Phi) is 4.62. The van der Waals surface area contributed by atoms with Crippen molar-refractivity contribution in [3.05, 3.63) is 0 Å². The van der Waals surface area contributed by atoms with Gasteiger partial charge in [0.05, 0.1) is 0 Å². The first kappa shape index (κ1) is 12.6. The maximum absolute atomic E-state index is 11.9. The molecule has 0 aliphatic carbocycles. The summed E-state index contributed by atoms with van der Waals surface area (Å²) in [4.78, 5) is 16.2. The van der Waals surface area contributed by atoms with Gasteiger partial charge in [-0.2, -0.15) is 0 Å². The van der Waals surface area contributed by atoms with Crippen molar-refractivity contribution in [2.45, 2.75) is 12.8 Å². The molecule has 0 spiro atoms. The summed E-state index contributed by atoms with van der Waals surface area (Å²) in [5.74, 6) is 0.626. The van der Waals surface area contributed by atoms with Crippen molar-refractivity contribution in [2.24, 2.45) is 5.92 Å². The normalized spacial score (nSPS) is 26.9. The third kappa shape index (κ3) is 3.85. The van der Waals surface area contributed by atoms with Crippen LogP contribution in [0.15, 0.2) is 0 Å². The number of carbonyl (C=O) groups excluding carboxylic acids is 1. The molecule has 1 unspecified atom stereocenters. The second-order valence-electron chi connectivity index (χ2n) is 5.19. The smallest absolute Gasteiger partial charge is 0.317 e. The zero-order valence-electron chi connectivity index (χ0n) is 10.7. The maximum atomic E-state index is 11.9. The number of amides is 2. The van der Waals surface area contributed by atoms with Crippen LogP contribution < -0.4 is 10.6 Å². The average molecular weight is 240 g/mol. The highest BCUT2D eigenvalue weighted by Crippen LogP contribution is 2.13. The Balaban J connectivity index is 1.68. The van der Waals surface area contributed by atoms with E-state index in [1.165, 1.54) is 19.4 Å². The van der Waals surface area contributed by atoms with Gasteiger partial charge in [0.1, 0.15) is 0 Å². The van der Waals surface area contributed by atoms with Gasteiger partial charge in [0.25, 0.3) is 0 Å². The molecule has 5 nitrogen and oxygen atoms in total. The number of carbonyl (C=O) groups is 1. The van der Waals surface area contributed by atoms with E-state index < -0.39 is 0 Å². The second kappa shape index (κ2) is 6.21. The lowest BCUT2D eigenvalue weighted by Crippen LogP contribution is -2.51. The predicted molar refractivity (Wildman–Crippen MR) is 68.1 cm³/mol. The van der Waals surface area contributed by atoms with Crippen LogP contribution >= 0.6 is 0 Å². The number of piperidine rings is 1. The zero-order chi connectivity index (χ0) is 12.1. The molecule has 98 valence electrons. The van der Waals surface area contributed by atoms with E-state index in [0.717, 1.165) is 39.3 Å². The molecule has 2 aliphatic rings. The van der Waals surface area contributed by atoms with Gasteiger partial charge in [-0.05, 0) is 32.4 Å². The maximum Gasteiger partial charge on any atom is 0.317 e. The van der Waals surface area contributed by atoms with Crippen LogP contribution in [0.5, 0.6) is 0 Å². The Morgan fingerprint density at radius 2 is 2.12 bits per heavy atom. The van der Waals surface area contributed by atoms with E-state index in [1.54, 1.807) is 0 Å². The van der Waals surface area contributed by atoms with Gasteiger partial charge >= 0.3 is 6.03 Å². The molecule has 0 aromatic rings. The molecule has 17 heavy (non-hydrogen) atoms. The molecule has 0 bridgehead atoms. The van der Waals surface area contributed by atoms with Crippen molar-refractivity contribution in [1.82, 2.24) is 20.4 Å². The lowest BCUT2D eigenvalue weighted by atomic mass is 9.99. The molecule has 0 saturated carbocycles. The molecule has 2 N–H and O–H groups in total. The van der Waals surface area contributed by atoms with Gasteiger partial charge in [-0.3, -0.25) is 0 Å². The Morgan fingerprint density at radius 3 is 2.82 bits per heavy atom. The number of hydrogen-bond donors (Lipinski definition) is 2. The summed E-state index contributed by atoms with van der Waals surface area (Å²) in [6, 6.07) is 0.111. The minimum atomic E-state index is 0.111. The van der Waals surface area contributed by atoms with Crippen LogP contribution in [0.3, 0.4) is 0 Å². The molecular weight excluding hydrogens is 216 g/mol. The number of piperazine rings is 1. The molecule has 0 aromatic heterocycles. The van der Waals surface area contributed by atoms with Crippen LogP contribution in [-0.4, -0.2) is 68.7 Å². The molecule has 0 radical (unpaired) electrons. The van der Waals surface area contributed by atoms with Crippen molar-refractivity contribution in [3.63, 3.8) is 0 Å². The van der Waals surface area contributed by atoms with Crippen molar-refractivity contribution in [2.75, 3.05) is 52.9 Å². The van der Waals surface area contributed by atoms with Crippen molar-refractivity contribution < 1.29 is 4.79 Å². The number of likely N-dealkylation sites (tertiary alicyclic amines) is 1. The molecule has 2 amide bonds. The summed E-state index contributed by atoms with van der Waals surface area (Å²) >= 11 is 0. The fourth-order valence-electron chi connectivity index (χ4n) is 2.65. The predicted octanol–water partition coefficient (Wildman–Crippen LogP) is -0.0570. The van der Waals surface area contributed by atoms with Crippen molar-refractivity contribution in [1.29, 1.82) is 0 Å². The van der Waals surface area contributed by atoms with E-state index in [0.29, 0.717) is 5.92 Å². The zero-order valence-corrected chi connectivity index (χ0v) is 10.7. The second-order valence-corrected chi connectivity index (χ2v) is 5.19. The minimum absolute atomic E-state index is 0.111. The number of nitrogens with one attached hydrogen (secondary N) is 2. The van der Waals surface area contributed by atoms with Crippen LogP contribution in [0.4, 0.5) is 4.79 Å². The molecule has 2 heterocycles. The van der Waals surface area contributed by atoms with Crippen LogP contribution in [0.25, 0.3) is 0 Å². The summed E-state index contributed by atoms with van der Waals surface area (Å²) in [6.45, 7) is 6.63.